The van der Waals surface area contributed by atoms with Crippen molar-refractivity contribution in [2.24, 2.45) is 5.73 Å². The summed E-state index contributed by atoms with van der Waals surface area (Å²) in [5.74, 6) is 0.250. The number of hydrogen-bond acceptors (Lipinski definition) is 3. The molecule has 1 rings (SSSR count). The lowest BCUT2D eigenvalue weighted by Gasteiger charge is -2.23. The molecule has 1 aliphatic rings. The highest BCUT2D eigenvalue weighted by molar-refractivity contribution is 5.81. The van der Waals surface area contributed by atoms with Gasteiger partial charge in [-0.25, -0.2) is 0 Å². The minimum atomic E-state index is 0.0628. The number of Topliss-reactive ketones (excluding diaryl/α,β-unsaturated/α-hetero) is 1. The molecule has 0 spiro atoms. The van der Waals surface area contributed by atoms with Crippen LogP contribution in [-0.4, -0.2) is 29.8 Å². The van der Waals surface area contributed by atoms with Crippen molar-refractivity contribution in [1.29, 1.82) is 0 Å². The third-order valence-corrected chi connectivity index (χ3v) is 3.16. The number of carbonyl (C=O) groups is 1. The van der Waals surface area contributed by atoms with Crippen LogP contribution in [0, 0.1) is 0 Å². The number of ketones is 1. The Bertz CT molecular complexity index is 357. The van der Waals surface area contributed by atoms with Crippen LogP contribution >= 0.6 is 0 Å². The van der Waals surface area contributed by atoms with Gasteiger partial charge in [0.25, 0.3) is 0 Å². The van der Waals surface area contributed by atoms with Gasteiger partial charge in [-0.2, -0.15) is 0 Å². The number of carbonyl (C=O) groups excluding carboxylic acids is 1. The lowest BCUT2D eigenvalue weighted by atomic mass is 10.1. The molecule has 1 saturated heterocycles. The first-order chi connectivity index (χ1) is 11.1. The number of hydrogen-bond donors (Lipinski definition) is 1. The van der Waals surface area contributed by atoms with Gasteiger partial charge < -0.3 is 5.73 Å². The molecule has 0 radical (unpaired) electrons. The van der Waals surface area contributed by atoms with Crippen LogP contribution in [0.2, 0.25) is 0 Å². The highest BCUT2D eigenvalue weighted by Gasteiger charge is 2.28. The molecule has 0 bridgehead atoms. The molecule has 3 heteroatoms. The van der Waals surface area contributed by atoms with Crippen molar-refractivity contribution in [3.8, 4) is 0 Å². The van der Waals surface area contributed by atoms with Gasteiger partial charge in [0.2, 0.25) is 0 Å². The largest absolute Gasteiger partial charge is 0.398 e. The molecule has 1 atom stereocenters. The zero-order valence-corrected chi connectivity index (χ0v) is 16.8. The van der Waals surface area contributed by atoms with E-state index in [1.165, 1.54) is 0 Å². The van der Waals surface area contributed by atoms with Crippen LogP contribution in [0.4, 0.5) is 0 Å². The predicted molar refractivity (Wildman–Crippen MR) is 106 cm³/mol. The van der Waals surface area contributed by atoms with E-state index in [4.69, 9.17) is 5.73 Å². The molecule has 1 heterocycles. The first-order valence-electron chi connectivity index (χ1n) is 9.08. The molecule has 3 nitrogen and oxygen atoms in total. The minimum Gasteiger partial charge on any atom is -0.398 e. The van der Waals surface area contributed by atoms with E-state index in [1.54, 1.807) is 13.0 Å². The van der Waals surface area contributed by atoms with E-state index >= 15 is 0 Å². The Morgan fingerprint density at radius 3 is 2.13 bits per heavy atom. The van der Waals surface area contributed by atoms with Gasteiger partial charge in [0.15, 0.2) is 0 Å². The van der Waals surface area contributed by atoms with Gasteiger partial charge in [-0.15, -0.1) is 0 Å². The molecule has 0 amide bonds. The number of rotatable bonds is 5. The molecule has 23 heavy (non-hydrogen) atoms. The van der Waals surface area contributed by atoms with E-state index in [0.29, 0.717) is 5.70 Å². The van der Waals surface area contributed by atoms with Crippen LogP contribution in [0.25, 0.3) is 0 Å². The molecule has 0 saturated carbocycles. The summed E-state index contributed by atoms with van der Waals surface area (Å²) in [7, 11) is 0. The van der Waals surface area contributed by atoms with Crippen LogP contribution in [0.1, 0.15) is 68.2 Å². The van der Waals surface area contributed by atoms with Crippen molar-refractivity contribution in [2.75, 3.05) is 13.1 Å². The summed E-state index contributed by atoms with van der Waals surface area (Å²) in [6.45, 7) is 21.0. The lowest BCUT2D eigenvalue weighted by molar-refractivity contribution is -0.121. The summed E-state index contributed by atoms with van der Waals surface area (Å²) in [6, 6.07) is 0.0628. The fraction of sp³-hybridized carbons (Fsp3) is 0.650. The van der Waals surface area contributed by atoms with Gasteiger partial charge >= 0.3 is 0 Å². The maximum atomic E-state index is 11.5. The maximum absolute atomic E-state index is 11.5. The van der Waals surface area contributed by atoms with Gasteiger partial charge in [0.05, 0.1) is 6.04 Å². The molecular weight excluding hydrogens is 284 g/mol. The monoisotopic (exact) mass is 324 g/mol. The summed E-state index contributed by atoms with van der Waals surface area (Å²) < 4.78 is 0. The Hall–Kier alpha value is -1.35. The van der Waals surface area contributed by atoms with Gasteiger partial charge in [-0.3, -0.25) is 9.69 Å². The van der Waals surface area contributed by atoms with Crippen LogP contribution in [0.5, 0.6) is 0 Å². The third-order valence-electron chi connectivity index (χ3n) is 3.16. The second kappa shape index (κ2) is 18.7. The van der Waals surface area contributed by atoms with E-state index < -0.39 is 0 Å². The first kappa shape index (κ1) is 26.5. The molecule has 0 aromatic carbocycles. The Balaban J connectivity index is -0.000000595. The molecule has 2 N–H and O–H groups in total. The summed E-state index contributed by atoms with van der Waals surface area (Å²) in [4.78, 5) is 13.7. The number of nitrogens with two attached hydrogens (primary N) is 1. The number of nitrogens with zero attached hydrogens (tertiary/aromatic N) is 1. The van der Waals surface area contributed by atoms with Gasteiger partial charge in [-0.1, -0.05) is 60.3 Å². The zero-order chi connectivity index (χ0) is 18.8. The second-order valence-corrected chi connectivity index (χ2v) is 4.42. The topological polar surface area (TPSA) is 46.3 Å². The molecule has 1 aliphatic heterocycles. The predicted octanol–water partition coefficient (Wildman–Crippen LogP) is 5.09. The van der Waals surface area contributed by atoms with Gasteiger partial charge in [-0.05, 0) is 44.9 Å². The van der Waals surface area contributed by atoms with Crippen molar-refractivity contribution in [1.82, 2.24) is 4.90 Å². The van der Waals surface area contributed by atoms with Crippen LogP contribution in [0.3, 0.4) is 0 Å². The minimum absolute atomic E-state index is 0.0628. The standard InChI is InChI=1S/C14H22N2O.3C2H6/c1-4-7-12(13(15)5-2)10-16-9-6-8-14(16)11(3)17;3*1-2/h4-5,7,14H,2,6,8-10,15H2,1,3H3;3*1-2H3/b7-4-,13-12-;;;. The molecule has 136 valence electrons. The van der Waals surface area contributed by atoms with Crippen molar-refractivity contribution in [2.45, 2.75) is 74.3 Å². The Labute approximate surface area is 145 Å². The Morgan fingerprint density at radius 1 is 1.22 bits per heavy atom. The van der Waals surface area contributed by atoms with Crippen molar-refractivity contribution in [3.63, 3.8) is 0 Å². The molecule has 0 aromatic rings. The average molecular weight is 325 g/mol. The van der Waals surface area contributed by atoms with Gasteiger partial charge in [0, 0.05) is 12.2 Å². The Kier molecular flexibility index (Phi) is 21.6. The number of allylic oxidation sites excluding steroid dienone is 2. The van der Waals surface area contributed by atoms with E-state index in [9.17, 15) is 4.79 Å². The quantitative estimate of drug-likeness (QED) is 0.716. The first-order valence-corrected chi connectivity index (χ1v) is 9.08. The maximum Gasteiger partial charge on any atom is 0.146 e. The van der Waals surface area contributed by atoms with Gasteiger partial charge in [0.1, 0.15) is 5.78 Å². The van der Waals surface area contributed by atoms with Crippen molar-refractivity contribution < 1.29 is 4.79 Å². The molecule has 0 aromatic heterocycles. The highest BCUT2D eigenvalue weighted by Crippen LogP contribution is 2.20. The number of likely N-dealkylation sites (tertiary alicyclic amines) is 1. The van der Waals surface area contributed by atoms with E-state index in [2.05, 4.69) is 11.5 Å². The molecule has 1 fully saturated rings. The van der Waals surface area contributed by atoms with Crippen molar-refractivity contribution >= 4 is 5.78 Å². The summed E-state index contributed by atoms with van der Waals surface area (Å²) in [6.07, 6.45) is 7.67. The fourth-order valence-corrected chi connectivity index (χ4v) is 2.27. The van der Waals surface area contributed by atoms with E-state index in [1.807, 2.05) is 60.6 Å². The van der Waals surface area contributed by atoms with Crippen LogP contribution in [0.15, 0.2) is 36.1 Å². The molecule has 0 aliphatic carbocycles. The zero-order valence-electron chi connectivity index (χ0n) is 16.8. The average Bonchev–Trinajstić information content (AvgIpc) is 3.07. The van der Waals surface area contributed by atoms with Crippen LogP contribution in [-0.2, 0) is 4.79 Å². The smallest absolute Gasteiger partial charge is 0.146 e. The van der Waals surface area contributed by atoms with E-state index in [0.717, 1.165) is 31.5 Å². The highest BCUT2D eigenvalue weighted by atomic mass is 16.1. The Morgan fingerprint density at radius 2 is 1.74 bits per heavy atom. The summed E-state index contributed by atoms with van der Waals surface area (Å²) >= 11 is 0. The van der Waals surface area contributed by atoms with E-state index in [-0.39, 0.29) is 11.8 Å². The fourth-order valence-electron chi connectivity index (χ4n) is 2.27. The van der Waals surface area contributed by atoms with Crippen molar-refractivity contribution in [3.05, 3.63) is 36.1 Å². The SMILES string of the molecule is C=C/C(N)=C(\C=C/C)CN1CCCC1C(C)=O.CC.CC.CC. The summed E-state index contributed by atoms with van der Waals surface area (Å²) in [5.41, 5.74) is 7.63. The second-order valence-electron chi connectivity index (χ2n) is 4.42. The third kappa shape index (κ3) is 10.9. The summed E-state index contributed by atoms with van der Waals surface area (Å²) in [5, 5.41) is 0. The molecular formula is C20H40N2O. The normalized spacial score (nSPS) is 17.7. The lowest BCUT2D eigenvalue weighted by Crippen LogP contribution is -2.36. The van der Waals surface area contributed by atoms with Crippen LogP contribution < -0.4 is 5.73 Å². The molecule has 1 unspecified atom stereocenters.